The van der Waals surface area contributed by atoms with Crippen LogP contribution in [-0.2, 0) is 0 Å². The number of rotatable bonds is 5. The average molecular weight is 678 g/mol. The van der Waals surface area contributed by atoms with Crippen molar-refractivity contribution in [3.63, 3.8) is 0 Å². The molecule has 0 radical (unpaired) electrons. The van der Waals surface area contributed by atoms with Crippen LogP contribution in [0.2, 0.25) is 0 Å². The van der Waals surface area contributed by atoms with E-state index in [1.807, 2.05) is 12.1 Å². The molecule has 0 spiro atoms. The summed E-state index contributed by atoms with van der Waals surface area (Å²) < 4.78 is 12.9. The fourth-order valence-electron chi connectivity index (χ4n) is 8.05. The highest BCUT2D eigenvalue weighted by Crippen LogP contribution is 2.42. The Morgan fingerprint density at radius 1 is 0.302 bits per heavy atom. The molecular formula is C50H31NO2. The molecule has 0 saturated carbocycles. The molecule has 3 heteroatoms. The van der Waals surface area contributed by atoms with E-state index in [0.717, 1.165) is 77.5 Å². The first-order valence-corrected chi connectivity index (χ1v) is 18.0. The largest absolute Gasteiger partial charge is 0.456 e. The van der Waals surface area contributed by atoms with Gasteiger partial charge >= 0.3 is 0 Å². The highest BCUT2D eigenvalue weighted by atomic mass is 16.3. The van der Waals surface area contributed by atoms with E-state index in [-0.39, 0.29) is 0 Å². The summed E-state index contributed by atoms with van der Waals surface area (Å²) in [5.74, 6) is 0. The number of hydrogen-bond donors (Lipinski definition) is 0. The molecule has 0 N–H and O–H groups in total. The SMILES string of the molecule is c1ccc(N(c2ccc(-c3ccc4c(c3)oc3c5ccccc5c(-c5ccc6ccccc6c5)cc43)cc2)c2ccc3oc4ccccc4c3c2)cc1. The Morgan fingerprint density at radius 2 is 0.943 bits per heavy atom. The van der Waals surface area contributed by atoms with Crippen molar-refractivity contribution >= 4 is 82.5 Å². The minimum atomic E-state index is 0.883. The lowest BCUT2D eigenvalue weighted by Crippen LogP contribution is -2.09. The highest BCUT2D eigenvalue weighted by Gasteiger charge is 2.18. The van der Waals surface area contributed by atoms with E-state index in [0.29, 0.717) is 0 Å². The molecule has 0 bridgehead atoms. The summed E-state index contributed by atoms with van der Waals surface area (Å²) >= 11 is 0. The number of fused-ring (bicyclic) bond motifs is 9. The van der Waals surface area contributed by atoms with E-state index < -0.39 is 0 Å². The molecule has 2 heterocycles. The molecule has 11 rings (SSSR count). The summed E-state index contributed by atoms with van der Waals surface area (Å²) in [5.41, 5.74) is 11.5. The van der Waals surface area contributed by atoms with Gasteiger partial charge in [-0.25, -0.2) is 0 Å². The van der Waals surface area contributed by atoms with Gasteiger partial charge in [0, 0.05) is 44.0 Å². The molecule has 0 fully saturated rings. The molecule has 0 aliphatic heterocycles. The second-order valence-corrected chi connectivity index (χ2v) is 13.7. The Hall–Kier alpha value is -7.10. The Labute approximate surface area is 305 Å². The smallest absolute Gasteiger partial charge is 0.143 e. The average Bonchev–Trinajstić information content (AvgIpc) is 3.79. The zero-order chi connectivity index (χ0) is 34.9. The molecule has 0 saturated heterocycles. The Kier molecular flexibility index (Phi) is 6.55. The molecule has 0 aliphatic carbocycles. The maximum atomic E-state index is 6.71. The minimum absolute atomic E-state index is 0.883. The van der Waals surface area contributed by atoms with Gasteiger partial charge in [-0.05, 0) is 111 Å². The lowest BCUT2D eigenvalue weighted by Gasteiger charge is -2.25. The minimum Gasteiger partial charge on any atom is -0.456 e. The monoisotopic (exact) mass is 677 g/mol. The van der Waals surface area contributed by atoms with Gasteiger partial charge in [0.05, 0.1) is 0 Å². The number of anilines is 3. The number of para-hydroxylation sites is 2. The zero-order valence-electron chi connectivity index (χ0n) is 28.7. The number of nitrogens with zero attached hydrogens (tertiary/aromatic N) is 1. The number of furan rings is 2. The molecule has 9 aromatic carbocycles. The third kappa shape index (κ3) is 4.82. The predicted octanol–water partition coefficient (Wildman–Crippen LogP) is 14.6. The van der Waals surface area contributed by atoms with Crippen molar-refractivity contribution < 1.29 is 8.83 Å². The third-order valence-electron chi connectivity index (χ3n) is 10.6. The summed E-state index contributed by atoms with van der Waals surface area (Å²) in [5, 5.41) is 9.26. The van der Waals surface area contributed by atoms with Crippen LogP contribution in [0.15, 0.2) is 197 Å². The predicted molar refractivity (Wildman–Crippen MR) is 222 cm³/mol. The summed E-state index contributed by atoms with van der Waals surface area (Å²) in [6, 6.07) is 66.8. The van der Waals surface area contributed by atoms with Gasteiger partial charge in [0.1, 0.15) is 22.3 Å². The summed E-state index contributed by atoms with van der Waals surface area (Å²) in [6.45, 7) is 0. The zero-order valence-corrected chi connectivity index (χ0v) is 28.7. The summed E-state index contributed by atoms with van der Waals surface area (Å²) in [6.07, 6.45) is 0. The van der Waals surface area contributed by atoms with Gasteiger partial charge < -0.3 is 13.7 Å². The van der Waals surface area contributed by atoms with Crippen molar-refractivity contribution in [2.75, 3.05) is 4.90 Å². The Bertz CT molecular complexity index is 3170. The molecule has 0 aliphatic rings. The number of benzene rings is 9. The van der Waals surface area contributed by atoms with Gasteiger partial charge in [-0.1, -0.05) is 115 Å². The van der Waals surface area contributed by atoms with Crippen LogP contribution in [0, 0.1) is 0 Å². The Morgan fingerprint density at radius 3 is 1.81 bits per heavy atom. The lowest BCUT2D eigenvalue weighted by atomic mass is 9.94. The van der Waals surface area contributed by atoms with E-state index in [1.54, 1.807) is 0 Å². The van der Waals surface area contributed by atoms with E-state index in [4.69, 9.17) is 8.83 Å². The fraction of sp³-hybridized carbons (Fsp3) is 0. The quantitative estimate of drug-likeness (QED) is 0.182. The molecule has 3 nitrogen and oxygen atoms in total. The van der Waals surface area contributed by atoms with E-state index in [1.165, 1.54) is 27.3 Å². The van der Waals surface area contributed by atoms with Crippen LogP contribution >= 0.6 is 0 Å². The normalized spacial score (nSPS) is 11.8. The van der Waals surface area contributed by atoms with Crippen LogP contribution in [0.1, 0.15) is 0 Å². The molecular weight excluding hydrogens is 647 g/mol. The van der Waals surface area contributed by atoms with Crippen LogP contribution in [0.3, 0.4) is 0 Å². The van der Waals surface area contributed by atoms with Crippen LogP contribution in [0.4, 0.5) is 17.1 Å². The maximum Gasteiger partial charge on any atom is 0.143 e. The van der Waals surface area contributed by atoms with Crippen molar-refractivity contribution in [3.8, 4) is 22.3 Å². The van der Waals surface area contributed by atoms with Crippen LogP contribution in [-0.4, -0.2) is 0 Å². The topological polar surface area (TPSA) is 29.5 Å². The summed E-state index contributed by atoms with van der Waals surface area (Å²) in [7, 11) is 0. The van der Waals surface area contributed by atoms with Crippen molar-refractivity contribution in [2.45, 2.75) is 0 Å². The van der Waals surface area contributed by atoms with Gasteiger partial charge in [-0.15, -0.1) is 0 Å². The molecule has 248 valence electrons. The van der Waals surface area contributed by atoms with Crippen molar-refractivity contribution in [1.82, 2.24) is 0 Å². The van der Waals surface area contributed by atoms with E-state index >= 15 is 0 Å². The second kappa shape index (κ2) is 11.7. The standard InChI is InChI=1S/C50H31NO2/c1-2-12-37(13-3-1)51(39-25-27-48-45(30-39)41-15-8-9-17-47(41)52-48)38-23-20-33(21-24-38)35-22-26-42-46-31-44(36-19-18-32-10-4-5-11-34(32)28-36)40-14-6-7-16-43(40)50(46)53-49(42)29-35/h1-31H. The van der Waals surface area contributed by atoms with Crippen LogP contribution in [0.25, 0.3) is 87.7 Å². The third-order valence-corrected chi connectivity index (χ3v) is 10.6. The molecule has 0 atom stereocenters. The maximum absolute atomic E-state index is 6.71. The summed E-state index contributed by atoms with van der Waals surface area (Å²) in [4.78, 5) is 2.30. The van der Waals surface area contributed by atoms with Gasteiger partial charge in [-0.3, -0.25) is 0 Å². The molecule has 0 unspecified atom stereocenters. The first-order chi connectivity index (χ1) is 26.2. The van der Waals surface area contributed by atoms with Crippen LogP contribution in [0.5, 0.6) is 0 Å². The van der Waals surface area contributed by atoms with Crippen molar-refractivity contribution in [3.05, 3.63) is 188 Å². The van der Waals surface area contributed by atoms with E-state index in [9.17, 15) is 0 Å². The molecule has 53 heavy (non-hydrogen) atoms. The Balaban J connectivity index is 0.999. The van der Waals surface area contributed by atoms with Crippen molar-refractivity contribution in [2.24, 2.45) is 0 Å². The van der Waals surface area contributed by atoms with Gasteiger partial charge in [0.25, 0.3) is 0 Å². The second-order valence-electron chi connectivity index (χ2n) is 13.7. The first-order valence-electron chi connectivity index (χ1n) is 18.0. The highest BCUT2D eigenvalue weighted by molar-refractivity contribution is 6.19. The van der Waals surface area contributed by atoms with E-state index in [2.05, 4.69) is 181 Å². The lowest BCUT2D eigenvalue weighted by molar-refractivity contribution is 0.669. The first kappa shape index (κ1) is 29.6. The molecule has 0 amide bonds. The van der Waals surface area contributed by atoms with Gasteiger partial charge in [0.2, 0.25) is 0 Å². The number of hydrogen-bond acceptors (Lipinski definition) is 3. The van der Waals surface area contributed by atoms with Gasteiger partial charge in [0.15, 0.2) is 0 Å². The fourth-order valence-corrected chi connectivity index (χ4v) is 8.05. The van der Waals surface area contributed by atoms with Crippen LogP contribution < -0.4 is 4.90 Å². The molecule has 11 aromatic rings. The van der Waals surface area contributed by atoms with Gasteiger partial charge in [-0.2, -0.15) is 0 Å². The van der Waals surface area contributed by atoms with Crippen molar-refractivity contribution in [1.29, 1.82) is 0 Å². The molecule has 2 aromatic heterocycles.